The first-order chi connectivity index (χ1) is 20.0. The average Bonchev–Trinajstić information content (AvgIpc) is 3.00. The molecule has 4 aromatic carbocycles. The molecule has 210 valence electrons. The highest BCUT2D eigenvalue weighted by Gasteiger charge is 2.32. The van der Waals surface area contributed by atoms with Crippen LogP contribution in [0.15, 0.2) is 103 Å². The second-order valence-electron chi connectivity index (χ2n) is 10.6. The summed E-state index contributed by atoms with van der Waals surface area (Å²) in [5.41, 5.74) is 6.64. The smallest absolute Gasteiger partial charge is 0.251 e. The van der Waals surface area contributed by atoms with Crippen LogP contribution in [0.4, 0.5) is 11.4 Å². The van der Waals surface area contributed by atoms with E-state index in [1.807, 2.05) is 117 Å². The minimum Gasteiger partial charge on any atom is -0.378 e. The molecular formula is C35H37N3O3. The SMILES string of the molecule is Cc1ccc(C(C(=O)Nc2ccc(N3CCOCC3)cc2)N(Cc2ccccc2C)C(=O)Cc2ccccc2)cc1. The fourth-order valence-electron chi connectivity index (χ4n) is 5.18. The van der Waals surface area contributed by atoms with Crippen molar-refractivity contribution in [3.8, 4) is 0 Å². The van der Waals surface area contributed by atoms with Crippen molar-refractivity contribution in [1.29, 1.82) is 0 Å². The highest BCUT2D eigenvalue weighted by atomic mass is 16.5. The molecule has 1 unspecified atom stereocenters. The number of anilines is 2. The summed E-state index contributed by atoms with van der Waals surface area (Å²) in [5.74, 6) is -0.356. The summed E-state index contributed by atoms with van der Waals surface area (Å²) in [7, 11) is 0. The van der Waals surface area contributed by atoms with Gasteiger partial charge in [0.05, 0.1) is 19.6 Å². The normalized spacial score (nSPS) is 13.9. The van der Waals surface area contributed by atoms with Crippen LogP contribution in [0.25, 0.3) is 0 Å². The lowest BCUT2D eigenvalue weighted by molar-refractivity contribution is -0.139. The number of carbonyl (C=O) groups excluding carboxylic acids is 2. The van der Waals surface area contributed by atoms with E-state index in [0.29, 0.717) is 25.4 Å². The zero-order valence-corrected chi connectivity index (χ0v) is 23.8. The van der Waals surface area contributed by atoms with Gasteiger partial charge in [-0.15, -0.1) is 0 Å². The number of ether oxygens (including phenoxy) is 1. The zero-order valence-electron chi connectivity index (χ0n) is 23.8. The van der Waals surface area contributed by atoms with Gasteiger partial charge in [0.15, 0.2) is 0 Å². The van der Waals surface area contributed by atoms with Crippen molar-refractivity contribution in [3.63, 3.8) is 0 Å². The standard InChI is InChI=1S/C35H37N3O3/c1-26-12-14-29(15-13-26)34(35(40)36-31-16-18-32(19-17-31)37-20-22-41-23-21-37)38(25-30-11-7-6-8-27(30)2)33(39)24-28-9-4-3-5-10-28/h3-19,34H,20-25H2,1-2H3,(H,36,40). The Labute approximate surface area is 242 Å². The van der Waals surface area contributed by atoms with Gasteiger partial charge in [-0.3, -0.25) is 9.59 Å². The molecule has 1 N–H and O–H groups in total. The molecule has 1 fully saturated rings. The fraction of sp³-hybridized carbons (Fsp3) is 0.257. The molecule has 0 radical (unpaired) electrons. The number of amides is 2. The second-order valence-corrected chi connectivity index (χ2v) is 10.6. The number of carbonyl (C=O) groups is 2. The molecule has 1 heterocycles. The van der Waals surface area contributed by atoms with Gasteiger partial charge in [-0.05, 0) is 60.4 Å². The molecule has 1 aliphatic rings. The number of nitrogens with one attached hydrogen (secondary N) is 1. The molecule has 1 saturated heterocycles. The Balaban J connectivity index is 1.47. The highest BCUT2D eigenvalue weighted by Crippen LogP contribution is 2.28. The lowest BCUT2D eigenvalue weighted by atomic mass is 9.99. The largest absolute Gasteiger partial charge is 0.378 e. The monoisotopic (exact) mass is 547 g/mol. The summed E-state index contributed by atoms with van der Waals surface area (Å²) < 4.78 is 5.47. The van der Waals surface area contributed by atoms with Crippen molar-refractivity contribution in [2.45, 2.75) is 32.9 Å². The van der Waals surface area contributed by atoms with E-state index in [9.17, 15) is 9.59 Å². The summed E-state index contributed by atoms with van der Waals surface area (Å²) in [4.78, 5) is 32.1. The highest BCUT2D eigenvalue weighted by molar-refractivity contribution is 5.98. The van der Waals surface area contributed by atoms with Crippen LogP contribution < -0.4 is 10.2 Å². The van der Waals surface area contributed by atoms with Gasteiger partial charge < -0.3 is 19.9 Å². The molecule has 1 aliphatic heterocycles. The Morgan fingerprint density at radius 3 is 2.17 bits per heavy atom. The molecule has 0 aliphatic carbocycles. The molecule has 6 heteroatoms. The minimum atomic E-state index is -0.815. The van der Waals surface area contributed by atoms with E-state index in [-0.39, 0.29) is 18.2 Å². The Morgan fingerprint density at radius 1 is 0.829 bits per heavy atom. The molecule has 41 heavy (non-hydrogen) atoms. The number of hydrogen-bond acceptors (Lipinski definition) is 4. The molecule has 0 saturated carbocycles. The first kappa shape index (κ1) is 28.1. The van der Waals surface area contributed by atoms with Crippen LogP contribution in [-0.2, 0) is 27.3 Å². The van der Waals surface area contributed by atoms with Gasteiger partial charge in [0.25, 0.3) is 5.91 Å². The van der Waals surface area contributed by atoms with E-state index >= 15 is 0 Å². The van der Waals surface area contributed by atoms with Crippen LogP contribution in [-0.4, -0.2) is 43.0 Å². The van der Waals surface area contributed by atoms with Crippen LogP contribution in [0.3, 0.4) is 0 Å². The van der Waals surface area contributed by atoms with Crippen molar-refractivity contribution in [2.24, 2.45) is 0 Å². The maximum absolute atomic E-state index is 14.1. The van der Waals surface area contributed by atoms with Crippen molar-refractivity contribution in [1.82, 2.24) is 4.90 Å². The maximum atomic E-state index is 14.1. The number of nitrogens with zero attached hydrogens (tertiary/aromatic N) is 2. The van der Waals surface area contributed by atoms with Gasteiger partial charge in [0.1, 0.15) is 6.04 Å². The molecule has 4 aromatic rings. The van der Waals surface area contributed by atoms with Crippen LogP contribution >= 0.6 is 0 Å². The lowest BCUT2D eigenvalue weighted by Crippen LogP contribution is -2.41. The van der Waals surface area contributed by atoms with Crippen molar-refractivity contribution >= 4 is 23.2 Å². The number of rotatable bonds is 9. The first-order valence-corrected chi connectivity index (χ1v) is 14.2. The average molecular weight is 548 g/mol. The Morgan fingerprint density at radius 2 is 1.49 bits per heavy atom. The minimum absolute atomic E-state index is 0.108. The fourth-order valence-corrected chi connectivity index (χ4v) is 5.18. The number of hydrogen-bond donors (Lipinski definition) is 1. The predicted molar refractivity (Wildman–Crippen MR) is 164 cm³/mol. The predicted octanol–water partition coefficient (Wildman–Crippen LogP) is 6.09. The third kappa shape index (κ3) is 7.21. The molecule has 2 amide bonds. The molecule has 6 nitrogen and oxygen atoms in total. The topological polar surface area (TPSA) is 61.9 Å². The molecule has 1 atom stereocenters. The third-order valence-electron chi connectivity index (χ3n) is 7.58. The number of benzene rings is 4. The van der Waals surface area contributed by atoms with E-state index in [1.165, 1.54) is 0 Å². The maximum Gasteiger partial charge on any atom is 0.251 e. The number of morpholine rings is 1. The van der Waals surface area contributed by atoms with Gasteiger partial charge in [0, 0.05) is 31.0 Å². The number of aryl methyl sites for hydroxylation is 2. The van der Waals surface area contributed by atoms with Gasteiger partial charge >= 0.3 is 0 Å². The zero-order chi connectivity index (χ0) is 28.6. The summed E-state index contributed by atoms with van der Waals surface area (Å²) in [5, 5.41) is 3.11. The summed E-state index contributed by atoms with van der Waals surface area (Å²) in [6.07, 6.45) is 0.205. The van der Waals surface area contributed by atoms with Gasteiger partial charge in [-0.2, -0.15) is 0 Å². The second kappa shape index (κ2) is 13.3. The molecule has 0 aromatic heterocycles. The van der Waals surface area contributed by atoms with Crippen LogP contribution in [0.5, 0.6) is 0 Å². The van der Waals surface area contributed by atoms with Gasteiger partial charge in [0.2, 0.25) is 5.91 Å². The van der Waals surface area contributed by atoms with Gasteiger partial charge in [-0.1, -0.05) is 84.4 Å². The van der Waals surface area contributed by atoms with E-state index in [0.717, 1.165) is 46.6 Å². The van der Waals surface area contributed by atoms with Crippen LogP contribution in [0, 0.1) is 13.8 Å². The van der Waals surface area contributed by atoms with Crippen LogP contribution in [0.1, 0.15) is 33.9 Å². The molecule has 0 spiro atoms. The summed E-state index contributed by atoms with van der Waals surface area (Å²) in [6.45, 7) is 7.49. The van der Waals surface area contributed by atoms with Crippen molar-refractivity contribution in [2.75, 3.05) is 36.5 Å². The van der Waals surface area contributed by atoms with Crippen molar-refractivity contribution < 1.29 is 14.3 Å². The third-order valence-corrected chi connectivity index (χ3v) is 7.58. The summed E-state index contributed by atoms with van der Waals surface area (Å²) >= 11 is 0. The van der Waals surface area contributed by atoms with E-state index < -0.39 is 6.04 Å². The molecule has 5 rings (SSSR count). The van der Waals surface area contributed by atoms with Gasteiger partial charge in [-0.25, -0.2) is 0 Å². The van der Waals surface area contributed by atoms with Crippen LogP contribution in [0.2, 0.25) is 0 Å². The van der Waals surface area contributed by atoms with Crippen molar-refractivity contribution in [3.05, 3.63) is 131 Å². The van der Waals surface area contributed by atoms with E-state index in [4.69, 9.17) is 4.74 Å². The Bertz CT molecular complexity index is 1450. The lowest BCUT2D eigenvalue weighted by Gasteiger charge is -2.32. The van der Waals surface area contributed by atoms with E-state index in [1.54, 1.807) is 4.90 Å². The molecular weight excluding hydrogens is 510 g/mol. The summed E-state index contributed by atoms with van der Waals surface area (Å²) in [6, 6.07) is 32.6. The Kier molecular flexibility index (Phi) is 9.12. The quantitative estimate of drug-likeness (QED) is 0.275. The Hall–Kier alpha value is -4.42. The first-order valence-electron chi connectivity index (χ1n) is 14.2. The van der Waals surface area contributed by atoms with E-state index in [2.05, 4.69) is 10.2 Å². The molecule has 0 bridgehead atoms.